The van der Waals surface area contributed by atoms with Crippen molar-refractivity contribution >= 4 is 32.4 Å². The van der Waals surface area contributed by atoms with Gasteiger partial charge in [-0.2, -0.15) is 4.31 Å². The van der Waals surface area contributed by atoms with E-state index in [0.717, 1.165) is 23.2 Å². The van der Waals surface area contributed by atoms with Gasteiger partial charge in [0.15, 0.2) is 0 Å². The third-order valence-electron chi connectivity index (χ3n) is 5.76. The summed E-state index contributed by atoms with van der Waals surface area (Å²) in [6, 6.07) is 14.5. The molecule has 2 aliphatic heterocycles. The third kappa shape index (κ3) is 4.66. The molecule has 0 aliphatic carbocycles. The van der Waals surface area contributed by atoms with Crippen LogP contribution in [-0.4, -0.2) is 53.5 Å². The fourth-order valence-electron chi connectivity index (χ4n) is 3.99. The fraction of sp³-hybridized carbons (Fsp3) is 0.348. The van der Waals surface area contributed by atoms with Crippen LogP contribution in [0.4, 0.5) is 5.69 Å². The summed E-state index contributed by atoms with van der Waals surface area (Å²) in [5.41, 5.74) is 3.00. The Morgan fingerprint density at radius 1 is 1.10 bits per heavy atom. The van der Waals surface area contributed by atoms with E-state index in [1.807, 2.05) is 31.2 Å². The number of nitrogens with zero attached hydrogens (tertiary/aromatic N) is 2. The van der Waals surface area contributed by atoms with Gasteiger partial charge in [0.25, 0.3) is 0 Å². The number of anilines is 1. The largest absolute Gasteiger partial charge is 0.312 e. The van der Waals surface area contributed by atoms with Gasteiger partial charge in [-0.1, -0.05) is 48.0 Å². The summed E-state index contributed by atoms with van der Waals surface area (Å²) >= 11 is 0. The van der Waals surface area contributed by atoms with E-state index in [0.29, 0.717) is 12.3 Å². The van der Waals surface area contributed by atoms with Crippen LogP contribution in [0.3, 0.4) is 0 Å². The topological polar surface area (TPSA) is 74.8 Å². The number of hydrogen-bond acceptors (Lipinski definition) is 4. The van der Waals surface area contributed by atoms with Gasteiger partial charge >= 0.3 is 0 Å². The number of hydrogen-bond donors (Lipinski definition) is 0. The van der Waals surface area contributed by atoms with Gasteiger partial charge in [0, 0.05) is 48.3 Å². The third-order valence-corrected chi connectivity index (χ3v) is 9.19. The number of aryl methyl sites for hydroxylation is 1. The molecular weight excluding hydrogens is 432 g/mol. The van der Waals surface area contributed by atoms with E-state index in [2.05, 4.69) is 0 Å². The first-order valence-corrected chi connectivity index (χ1v) is 13.2. The van der Waals surface area contributed by atoms with Crippen LogP contribution in [0, 0.1) is 6.92 Å². The standard InChI is InChI=1S/C23H26N2O4S2/c1-18-8-10-21(11-9-18)31(28,29)24-13-4-5-15-30(27)20(17-24)16-23(26)25-14-12-19-6-2-3-7-22(19)25/h2-11,20H,12-17H2,1H3/b5-4-. The van der Waals surface area contributed by atoms with Gasteiger partial charge in [0.2, 0.25) is 15.9 Å². The fourth-order valence-corrected chi connectivity index (χ4v) is 6.79. The van der Waals surface area contributed by atoms with Crippen LogP contribution in [0.5, 0.6) is 0 Å². The summed E-state index contributed by atoms with van der Waals surface area (Å²) in [7, 11) is -5.10. The molecule has 164 valence electrons. The number of rotatable bonds is 4. The van der Waals surface area contributed by atoms with Crippen LogP contribution in [-0.2, 0) is 32.0 Å². The highest BCUT2D eigenvalue weighted by atomic mass is 32.2. The minimum absolute atomic E-state index is 0.0500. The highest BCUT2D eigenvalue weighted by Crippen LogP contribution is 2.29. The van der Waals surface area contributed by atoms with Crippen LogP contribution in [0.2, 0.25) is 0 Å². The zero-order valence-electron chi connectivity index (χ0n) is 17.4. The van der Waals surface area contributed by atoms with E-state index in [-0.39, 0.29) is 30.3 Å². The molecule has 2 atom stereocenters. The van der Waals surface area contributed by atoms with Crippen molar-refractivity contribution < 1.29 is 17.4 Å². The molecule has 0 bridgehead atoms. The Kier molecular flexibility index (Phi) is 6.41. The molecule has 31 heavy (non-hydrogen) atoms. The molecule has 0 radical (unpaired) electrons. The molecule has 2 heterocycles. The zero-order chi connectivity index (χ0) is 22.0. The highest BCUT2D eigenvalue weighted by molar-refractivity contribution is 7.89. The van der Waals surface area contributed by atoms with Crippen LogP contribution in [0.25, 0.3) is 0 Å². The molecule has 0 fully saturated rings. The van der Waals surface area contributed by atoms with E-state index in [9.17, 15) is 17.4 Å². The first-order valence-electron chi connectivity index (χ1n) is 10.3. The lowest BCUT2D eigenvalue weighted by atomic mass is 10.2. The maximum Gasteiger partial charge on any atom is 0.243 e. The number of sulfonamides is 1. The Morgan fingerprint density at radius 2 is 1.84 bits per heavy atom. The number of fused-ring (bicyclic) bond motifs is 1. The van der Waals surface area contributed by atoms with Crippen molar-refractivity contribution in [2.45, 2.75) is 29.9 Å². The Balaban J connectivity index is 1.55. The van der Waals surface area contributed by atoms with Crippen molar-refractivity contribution in [3.63, 3.8) is 0 Å². The second kappa shape index (κ2) is 9.06. The van der Waals surface area contributed by atoms with E-state index >= 15 is 0 Å². The molecular formula is C23H26N2O4S2. The van der Waals surface area contributed by atoms with Crippen molar-refractivity contribution in [2.24, 2.45) is 0 Å². The second-order valence-corrected chi connectivity index (χ2v) is 11.6. The lowest BCUT2D eigenvalue weighted by Gasteiger charge is -2.28. The highest BCUT2D eigenvalue weighted by Gasteiger charge is 2.33. The summed E-state index contributed by atoms with van der Waals surface area (Å²) in [6.07, 6.45) is 4.33. The molecule has 0 N–H and O–H groups in total. The Morgan fingerprint density at radius 3 is 2.61 bits per heavy atom. The lowest BCUT2D eigenvalue weighted by molar-refractivity contribution is -0.118. The Hall–Kier alpha value is -2.29. The molecule has 0 saturated heterocycles. The van der Waals surface area contributed by atoms with E-state index < -0.39 is 26.1 Å². The molecule has 0 spiro atoms. The van der Waals surface area contributed by atoms with Crippen molar-refractivity contribution in [2.75, 3.05) is 30.3 Å². The Bertz CT molecular complexity index is 1130. The minimum atomic E-state index is -3.76. The van der Waals surface area contributed by atoms with E-state index in [1.165, 1.54) is 4.31 Å². The average Bonchev–Trinajstić information content (AvgIpc) is 3.18. The SMILES string of the molecule is Cc1ccc(S(=O)(=O)N2C/C=C\CS(=O)C(CC(=O)N3CCc4ccccc43)C2)cc1. The molecule has 2 aromatic carbocycles. The van der Waals surface area contributed by atoms with E-state index in [1.54, 1.807) is 41.3 Å². The molecule has 2 aromatic rings. The maximum absolute atomic E-state index is 13.2. The molecule has 2 aliphatic rings. The van der Waals surface area contributed by atoms with Gasteiger partial charge in [0.05, 0.1) is 10.1 Å². The molecule has 8 heteroatoms. The average molecular weight is 459 g/mol. The molecule has 0 saturated carbocycles. The Labute approximate surface area is 186 Å². The van der Waals surface area contributed by atoms with Gasteiger partial charge < -0.3 is 4.90 Å². The number of para-hydroxylation sites is 1. The number of benzene rings is 2. The molecule has 4 rings (SSSR count). The summed E-state index contributed by atoms with van der Waals surface area (Å²) < 4.78 is 40.7. The molecule has 2 unspecified atom stereocenters. The number of carbonyl (C=O) groups excluding carboxylic acids is 1. The smallest absolute Gasteiger partial charge is 0.243 e. The lowest BCUT2D eigenvalue weighted by Crippen LogP contribution is -2.43. The first-order chi connectivity index (χ1) is 14.9. The predicted octanol–water partition coefficient (Wildman–Crippen LogP) is 2.65. The summed E-state index contributed by atoms with van der Waals surface area (Å²) in [6.45, 7) is 2.75. The van der Waals surface area contributed by atoms with Gasteiger partial charge in [0.1, 0.15) is 0 Å². The minimum Gasteiger partial charge on any atom is -0.312 e. The van der Waals surface area contributed by atoms with Crippen molar-refractivity contribution in [1.29, 1.82) is 0 Å². The van der Waals surface area contributed by atoms with Crippen LogP contribution in [0.1, 0.15) is 17.5 Å². The normalized spacial score (nSPS) is 23.1. The second-order valence-electron chi connectivity index (χ2n) is 7.90. The summed E-state index contributed by atoms with van der Waals surface area (Å²) in [4.78, 5) is 15.0. The first kappa shape index (κ1) is 21.9. The van der Waals surface area contributed by atoms with Crippen molar-refractivity contribution in [3.8, 4) is 0 Å². The van der Waals surface area contributed by atoms with Crippen molar-refractivity contribution in [1.82, 2.24) is 4.31 Å². The van der Waals surface area contributed by atoms with E-state index in [4.69, 9.17) is 0 Å². The quantitative estimate of drug-likeness (QED) is 0.660. The van der Waals surface area contributed by atoms with Crippen molar-refractivity contribution in [3.05, 3.63) is 71.8 Å². The van der Waals surface area contributed by atoms with Gasteiger partial charge in [-0.15, -0.1) is 0 Å². The van der Waals surface area contributed by atoms with Crippen LogP contribution in [0.15, 0.2) is 65.6 Å². The van der Waals surface area contributed by atoms with Crippen LogP contribution < -0.4 is 4.90 Å². The molecule has 6 nitrogen and oxygen atoms in total. The zero-order valence-corrected chi connectivity index (χ0v) is 19.1. The summed E-state index contributed by atoms with van der Waals surface area (Å²) in [5.74, 6) is 0.216. The molecule has 0 aromatic heterocycles. The number of amides is 1. The predicted molar refractivity (Wildman–Crippen MR) is 123 cm³/mol. The van der Waals surface area contributed by atoms with Gasteiger partial charge in [-0.05, 0) is 37.1 Å². The van der Waals surface area contributed by atoms with Crippen LogP contribution >= 0.6 is 0 Å². The monoisotopic (exact) mass is 458 g/mol. The molecule has 1 amide bonds. The maximum atomic E-state index is 13.2. The number of carbonyl (C=O) groups is 1. The van der Waals surface area contributed by atoms with Gasteiger partial charge in [-0.25, -0.2) is 8.42 Å². The van der Waals surface area contributed by atoms with Gasteiger partial charge in [-0.3, -0.25) is 9.00 Å². The summed E-state index contributed by atoms with van der Waals surface area (Å²) in [5, 5.41) is -0.564.